The maximum absolute atomic E-state index is 9.38. The Morgan fingerprint density at radius 3 is 2.60 bits per heavy atom. The van der Waals surface area contributed by atoms with Crippen LogP contribution in [0.2, 0.25) is 0 Å². The zero-order chi connectivity index (χ0) is 13.9. The molecule has 1 saturated heterocycles. The fraction of sp³-hybridized carbons (Fsp3) is 0.500. The highest BCUT2D eigenvalue weighted by atomic mass is 16.3. The van der Waals surface area contributed by atoms with E-state index in [1.54, 1.807) is 0 Å². The number of aliphatic hydroxyl groups is 1. The van der Waals surface area contributed by atoms with Gasteiger partial charge in [0.15, 0.2) is 0 Å². The van der Waals surface area contributed by atoms with Crippen LogP contribution < -0.4 is 0 Å². The van der Waals surface area contributed by atoms with Gasteiger partial charge in [0, 0.05) is 56.4 Å². The molecule has 1 aromatic carbocycles. The minimum Gasteiger partial charge on any atom is -0.392 e. The van der Waals surface area contributed by atoms with E-state index in [2.05, 4.69) is 39.7 Å². The van der Waals surface area contributed by atoms with Crippen molar-refractivity contribution < 1.29 is 5.11 Å². The van der Waals surface area contributed by atoms with Crippen LogP contribution in [0.3, 0.4) is 0 Å². The van der Waals surface area contributed by atoms with Crippen LogP contribution in [0.5, 0.6) is 0 Å². The smallest absolute Gasteiger partial charge is 0.0688 e. The topological polar surface area (TPSA) is 31.6 Å². The van der Waals surface area contributed by atoms with E-state index in [1.165, 1.54) is 24.0 Å². The van der Waals surface area contributed by atoms with Crippen molar-refractivity contribution in [1.29, 1.82) is 0 Å². The lowest BCUT2D eigenvalue weighted by Crippen LogP contribution is -2.45. The molecule has 0 amide bonds. The van der Waals surface area contributed by atoms with Crippen LogP contribution in [0.4, 0.5) is 0 Å². The van der Waals surface area contributed by atoms with Crippen molar-refractivity contribution in [3.8, 4) is 0 Å². The van der Waals surface area contributed by atoms with E-state index in [1.807, 2.05) is 12.1 Å². The maximum atomic E-state index is 9.38. The van der Waals surface area contributed by atoms with E-state index in [9.17, 15) is 5.11 Å². The molecule has 2 heterocycles. The second-order valence-electron chi connectivity index (χ2n) is 5.66. The summed E-state index contributed by atoms with van der Waals surface area (Å²) in [4.78, 5) is 4.91. The number of fused-ring (bicyclic) bond motifs is 1. The van der Waals surface area contributed by atoms with Gasteiger partial charge in [0.05, 0.1) is 6.61 Å². The number of hydrogen-bond acceptors (Lipinski definition) is 3. The summed E-state index contributed by atoms with van der Waals surface area (Å²) in [7, 11) is 2.19. The van der Waals surface area contributed by atoms with E-state index >= 15 is 0 Å². The monoisotopic (exact) mass is 273 g/mol. The van der Waals surface area contributed by atoms with E-state index in [0.29, 0.717) is 0 Å². The van der Waals surface area contributed by atoms with Crippen molar-refractivity contribution in [1.82, 2.24) is 14.4 Å². The Hall–Kier alpha value is -1.36. The number of aliphatic hydroxyl groups excluding tert-OH is 1. The average Bonchev–Trinajstić information content (AvgIpc) is 2.90. The number of likely N-dealkylation sites (N-methyl/N-ethyl adjacent to an activating group) is 1. The largest absolute Gasteiger partial charge is 0.392 e. The highest BCUT2D eigenvalue weighted by molar-refractivity contribution is 5.83. The summed E-state index contributed by atoms with van der Waals surface area (Å²) in [6, 6.07) is 8.27. The molecular weight excluding hydrogens is 250 g/mol. The highest BCUT2D eigenvalue weighted by Gasteiger charge is 2.13. The Kier molecular flexibility index (Phi) is 4.05. The van der Waals surface area contributed by atoms with Crippen molar-refractivity contribution >= 4 is 10.9 Å². The van der Waals surface area contributed by atoms with Crippen molar-refractivity contribution in [2.24, 2.45) is 0 Å². The van der Waals surface area contributed by atoms with Crippen molar-refractivity contribution in [2.45, 2.75) is 13.2 Å². The molecule has 20 heavy (non-hydrogen) atoms. The van der Waals surface area contributed by atoms with Crippen LogP contribution >= 0.6 is 0 Å². The lowest BCUT2D eigenvalue weighted by molar-refractivity contribution is 0.150. The molecular formula is C16H23N3O. The number of hydrogen-bond donors (Lipinski definition) is 1. The summed E-state index contributed by atoms with van der Waals surface area (Å²) >= 11 is 0. The average molecular weight is 273 g/mol. The van der Waals surface area contributed by atoms with Crippen LogP contribution in [0, 0.1) is 0 Å². The fourth-order valence-electron chi connectivity index (χ4n) is 2.94. The van der Waals surface area contributed by atoms with Gasteiger partial charge in [-0.2, -0.15) is 0 Å². The highest BCUT2D eigenvalue weighted by Crippen LogP contribution is 2.20. The molecule has 1 fully saturated rings. The molecule has 0 unspecified atom stereocenters. The summed E-state index contributed by atoms with van der Waals surface area (Å²) < 4.78 is 2.30. The summed E-state index contributed by atoms with van der Waals surface area (Å²) in [5, 5.41) is 10.6. The Morgan fingerprint density at radius 1 is 1.05 bits per heavy atom. The first-order valence-corrected chi connectivity index (χ1v) is 7.36. The molecule has 1 N–H and O–H groups in total. The lowest BCUT2D eigenvalue weighted by Gasteiger charge is -2.32. The Labute approximate surface area is 120 Å². The van der Waals surface area contributed by atoms with Crippen LogP contribution in [-0.4, -0.2) is 59.2 Å². The molecule has 2 aromatic rings. The van der Waals surface area contributed by atoms with Crippen LogP contribution in [-0.2, 0) is 13.2 Å². The van der Waals surface area contributed by atoms with Crippen LogP contribution in [0.1, 0.15) is 5.56 Å². The third-order valence-corrected chi connectivity index (χ3v) is 4.33. The molecule has 0 saturated carbocycles. The van der Waals surface area contributed by atoms with Crippen molar-refractivity contribution in [3.05, 3.63) is 36.0 Å². The minimum absolute atomic E-state index is 0.111. The quantitative estimate of drug-likeness (QED) is 0.913. The molecule has 1 aromatic heterocycles. The molecule has 0 radical (unpaired) electrons. The van der Waals surface area contributed by atoms with Crippen LogP contribution in [0.25, 0.3) is 10.9 Å². The normalized spacial score (nSPS) is 17.9. The summed E-state index contributed by atoms with van der Waals surface area (Å²) in [5.74, 6) is 0. The third-order valence-electron chi connectivity index (χ3n) is 4.33. The fourth-order valence-corrected chi connectivity index (χ4v) is 2.94. The molecule has 0 atom stereocenters. The van der Waals surface area contributed by atoms with Gasteiger partial charge < -0.3 is 14.6 Å². The second-order valence-corrected chi connectivity index (χ2v) is 5.66. The van der Waals surface area contributed by atoms with Crippen molar-refractivity contribution in [2.75, 3.05) is 39.8 Å². The van der Waals surface area contributed by atoms with Gasteiger partial charge in [-0.15, -0.1) is 0 Å². The standard InChI is InChI=1S/C16H23N3O/c1-17-7-9-18(10-8-17)11-12-19-6-5-15-14(13-20)3-2-4-16(15)19/h2-6,20H,7-13H2,1H3. The second kappa shape index (κ2) is 5.95. The van der Waals surface area contributed by atoms with E-state index in [-0.39, 0.29) is 6.61 Å². The molecule has 3 rings (SSSR count). The lowest BCUT2D eigenvalue weighted by atomic mass is 10.1. The maximum Gasteiger partial charge on any atom is 0.0688 e. The van der Waals surface area contributed by atoms with E-state index < -0.39 is 0 Å². The first kappa shape index (κ1) is 13.6. The zero-order valence-electron chi connectivity index (χ0n) is 12.1. The predicted molar refractivity (Wildman–Crippen MR) is 81.8 cm³/mol. The van der Waals surface area contributed by atoms with Gasteiger partial charge in [-0.3, -0.25) is 4.90 Å². The third kappa shape index (κ3) is 2.73. The molecule has 108 valence electrons. The van der Waals surface area contributed by atoms with Gasteiger partial charge in [-0.25, -0.2) is 0 Å². The number of rotatable bonds is 4. The molecule has 1 aliphatic heterocycles. The molecule has 0 bridgehead atoms. The summed E-state index contributed by atoms with van der Waals surface area (Å²) in [5.41, 5.74) is 2.24. The van der Waals surface area contributed by atoms with Crippen LogP contribution in [0.15, 0.2) is 30.5 Å². The Balaban J connectivity index is 1.69. The van der Waals surface area contributed by atoms with Gasteiger partial charge >= 0.3 is 0 Å². The van der Waals surface area contributed by atoms with Gasteiger partial charge in [0.1, 0.15) is 0 Å². The molecule has 0 aliphatic carbocycles. The van der Waals surface area contributed by atoms with E-state index in [0.717, 1.165) is 31.7 Å². The summed E-state index contributed by atoms with van der Waals surface area (Å²) in [6.45, 7) is 6.89. The first-order chi connectivity index (χ1) is 9.78. The zero-order valence-corrected chi connectivity index (χ0v) is 12.1. The van der Waals surface area contributed by atoms with Gasteiger partial charge in [0.2, 0.25) is 0 Å². The van der Waals surface area contributed by atoms with Crippen molar-refractivity contribution in [3.63, 3.8) is 0 Å². The number of nitrogens with zero attached hydrogens (tertiary/aromatic N) is 3. The van der Waals surface area contributed by atoms with Gasteiger partial charge in [-0.1, -0.05) is 12.1 Å². The Bertz CT molecular complexity index is 570. The first-order valence-electron chi connectivity index (χ1n) is 7.36. The Morgan fingerprint density at radius 2 is 1.85 bits per heavy atom. The summed E-state index contributed by atoms with van der Waals surface area (Å²) in [6.07, 6.45) is 2.14. The number of piperazine rings is 1. The predicted octanol–water partition coefficient (Wildman–Crippen LogP) is 1.38. The number of aromatic nitrogens is 1. The molecule has 0 spiro atoms. The SMILES string of the molecule is CN1CCN(CCn2ccc3c(CO)cccc32)CC1. The van der Waals surface area contributed by atoms with E-state index in [4.69, 9.17) is 0 Å². The number of benzene rings is 1. The van der Waals surface area contributed by atoms with Gasteiger partial charge in [-0.05, 0) is 24.7 Å². The minimum atomic E-state index is 0.111. The molecule has 4 nitrogen and oxygen atoms in total. The molecule has 1 aliphatic rings. The molecule has 4 heteroatoms. The van der Waals surface area contributed by atoms with Gasteiger partial charge in [0.25, 0.3) is 0 Å².